The summed E-state index contributed by atoms with van der Waals surface area (Å²) in [5.41, 5.74) is 1.75. The fourth-order valence-corrected chi connectivity index (χ4v) is 3.32. The number of cyclic esters (lactones) is 1. The van der Waals surface area contributed by atoms with Crippen LogP contribution >= 0.6 is 0 Å². The van der Waals surface area contributed by atoms with E-state index in [1.807, 2.05) is 13.0 Å². The number of Topliss-reactive ketones (excluding diaryl/α,β-unsaturated/α-hetero) is 1. The fraction of sp³-hybridized carbons (Fsp3) is 0.500. The molecule has 0 radical (unpaired) electrons. The quantitative estimate of drug-likeness (QED) is 0.147. The molecule has 0 spiro atoms. The lowest BCUT2D eigenvalue weighted by Crippen LogP contribution is -2.13. The standard InChI is InChI=1S/C24H34O4/c1-8-16(2)12-10-9-11-13-17(3)14-18(4)15-19(5)22(25)21-23(27-7)20(6)28-24(21)26/h8,10,12,15,17-18H,6,9,11,13-14H2,1-5,7H3/b12-10+,16-8?,19-15+/t17-,18-/m1/s1. The van der Waals surface area contributed by atoms with E-state index in [0.29, 0.717) is 11.5 Å². The summed E-state index contributed by atoms with van der Waals surface area (Å²) in [4.78, 5) is 24.6. The van der Waals surface area contributed by atoms with E-state index in [4.69, 9.17) is 9.47 Å². The zero-order chi connectivity index (χ0) is 21.3. The first-order valence-electron chi connectivity index (χ1n) is 9.93. The predicted octanol–water partition coefficient (Wildman–Crippen LogP) is 5.83. The van der Waals surface area contributed by atoms with E-state index in [2.05, 4.69) is 45.6 Å². The summed E-state index contributed by atoms with van der Waals surface area (Å²) in [5, 5.41) is 0. The van der Waals surface area contributed by atoms with Crippen LogP contribution in [0, 0.1) is 11.8 Å². The number of ketones is 1. The largest absolute Gasteiger partial charge is 0.492 e. The van der Waals surface area contributed by atoms with E-state index in [1.165, 1.54) is 12.7 Å². The van der Waals surface area contributed by atoms with Crippen LogP contribution in [-0.2, 0) is 19.1 Å². The van der Waals surface area contributed by atoms with Crippen LogP contribution < -0.4 is 0 Å². The van der Waals surface area contributed by atoms with Crippen molar-refractivity contribution in [1.82, 2.24) is 0 Å². The zero-order valence-electron chi connectivity index (χ0n) is 18.1. The number of hydrogen-bond donors (Lipinski definition) is 0. The summed E-state index contributed by atoms with van der Waals surface area (Å²) in [6.45, 7) is 13.8. The van der Waals surface area contributed by atoms with Crippen LogP contribution in [0.1, 0.15) is 60.3 Å². The number of methoxy groups -OCH3 is 1. The predicted molar refractivity (Wildman–Crippen MR) is 113 cm³/mol. The van der Waals surface area contributed by atoms with Gasteiger partial charge < -0.3 is 9.47 Å². The van der Waals surface area contributed by atoms with E-state index in [-0.39, 0.29) is 28.8 Å². The molecule has 0 aromatic heterocycles. The van der Waals surface area contributed by atoms with Gasteiger partial charge in [-0.3, -0.25) is 4.79 Å². The molecule has 0 amide bonds. The molecule has 0 aromatic carbocycles. The zero-order valence-corrected chi connectivity index (χ0v) is 18.1. The monoisotopic (exact) mass is 386 g/mol. The minimum absolute atomic E-state index is 0.0651. The number of ether oxygens (including phenoxy) is 2. The van der Waals surface area contributed by atoms with E-state index in [9.17, 15) is 9.59 Å². The molecule has 0 aliphatic carbocycles. The molecule has 4 nitrogen and oxygen atoms in total. The molecule has 0 bridgehead atoms. The van der Waals surface area contributed by atoms with Crippen LogP contribution in [0.5, 0.6) is 0 Å². The first-order valence-corrected chi connectivity index (χ1v) is 9.93. The summed E-state index contributed by atoms with van der Waals surface area (Å²) in [6.07, 6.45) is 12.8. The second-order valence-corrected chi connectivity index (χ2v) is 7.58. The Morgan fingerprint density at radius 2 is 1.96 bits per heavy atom. The third-order valence-corrected chi connectivity index (χ3v) is 4.90. The van der Waals surface area contributed by atoms with Crippen LogP contribution in [0.4, 0.5) is 0 Å². The summed E-state index contributed by atoms with van der Waals surface area (Å²) in [6, 6.07) is 0. The number of carbonyl (C=O) groups excluding carboxylic acids is 2. The highest BCUT2D eigenvalue weighted by Crippen LogP contribution is 2.28. The molecular weight excluding hydrogens is 352 g/mol. The SMILES string of the molecule is C=C1OC(=O)C(C(=O)/C(C)=C/[C@H](C)C[C@H](C)CCC/C=C/C(C)=CC)=C1OC. The highest BCUT2D eigenvalue weighted by molar-refractivity contribution is 6.25. The molecule has 1 aliphatic rings. The van der Waals surface area contributed by atoms with E-state index in [1.54, 1.807) is 6.92 Å². The second-order valence-electron chi connectivity index (χ2n) is 7.58. The molecule has 0 unspecified atom stereocenters. The lowest BCUT2D eigenvalue weighted by atomic mass is 9.90. The number of carbonyl (C=O) groups is 2. The molecule has 2 atom stereocenters. The fourth-order valence-electron chi connectivity index (χ4n) is 3.32. The molecule has 4 heteroatoms. The van der Waals surface area contributed by atoms with Crippen molar-refractivity contribution < 1.29 is 19.1 Å². The molecule has 0 saturated heterocycles. The van der Waals surface area contributed by atoms with Crippen molar-refractivity contribution in [1.29, 1.82) is 0 Å². The number of unbranched alkanes of at least 4 members (excludes halogenated alkanes) is 1. The molecule has 154 valence electrons. The average Bonchev–Trinajstić information content (AvgIpc) is 2.93. The van der Waals surface area contributed by atoms with E-state index >= 15 is 0 Å². The van der Waals surface area contributed by atoms with Gasteiger partial charge in [-0.25, -0.2) is 4.79 Å². The summed E-state index contributed by atoms with van der Waals surface area (Å²) < 4.78 is 10.0. The van der Waals surface area contributed by atoms with Crippen molar-refractivity contribution in [3.63, 3.8) is 0 Å². The van der Waals surface area contributed by atoms with E-state index < -0.39 is 5.97 Å². The van der Waals surface area contributed by atoms with Gasteiger partial charge in [-0.05, 0) is 57.4 Å². The Morgan fingerprint density at radius 1 is 1.29 bits per heavy atom. The van der Waals surface area contributed by atoms with E-state index in [0.717, 1.165) is 25.7 Å². The molecule has 0 fully saturated rings. The second kappa shape index (κ2) is 11.5. The van der Waals surface area contributed by atoms with Crippen molar-refractivity contribution in [2.75, 3.05) is 7.11 Å². The Labute approximate surface area is 169 Å². The Balaban J connectivity index is 2.59. The normalized spacial score (nSPS) is 17.9. The topological polar surface area (TPSA) is 52.6 Å². The van der Waals surface area contributed by atoms with Gasteiger partial charge in [0, 0.05) is 0 Å². The smallest absolute Gasteiger partial charge is 0.351 e. The van der Waals surface area contributed by atoms with Gasteiger partial charge in [0.25, 0.3) is 0 Å². The maximum atomic E-state index is 12.7. The summed E-state index contributed by atoms with van der Waals surface area (Å²) in [5.74, 6) is -0.0254. The molecule has 1 rings (SSSR count). The van der Waals surface area contributed by atoms with Crippen LogP contribution in [0.15, 0.2) is 59.1 Å². The van der Waals surface area contributed by atoms with Crippen LogP contribution in [0.25, 0.3) is 0 Å². The van der Waals surface area contributed by atoms with Gasteiger partial charge >= 0.3 is 5.97 Å². The Bertz CT molecular complexity index is 719. The van der Waals surface area contributed by atoms with Crippen LogP contribution in [-0.4, -0.2) is 18.9 Å². The molecule has 0 N–H and O–H groups in total. The summed E-state index contributed by atoms with van der Waals surface area (Å²) >= 11 is 0. The minimum Gasteiger partial charge on any atom is -0.492 e. The third kappa shape index (κ3) is 6.99. The maximum absolute atomic E-state index is 12.7. The van der Waals surface area contributed by atoms with Crippen molar-refractivity contribution in [2.45, 2.75) is 60.3 Å². The number of rotatable bonds is 11. The molecule has 1 aliphatic heterocycles. The highest BCUT2D eigenvalue weighted by Gasteiger charge is 2.35. The van der Waals surface area contributed by atoms with Crippen molar-refractivity contribution in [2.24, 2.45) is 11.8 Å². The van der Waals surface area contributed by atoms with Gasteiger partial charge in [-0.2, -0.15) is 0 Å². The van der Waals surface area contributed by atoms with Crippen LogP contribution in [0.3, 0.4) is 0 Å². The summed E-state index contributed by atoms with van der Waals surface area (Å²) in [7, 11) is 1.40. The Hall–Kier alpha value is -2.36. The van der Waals surface area contributed by atoms with Gasteiger partial charge in [0.15, 0.2) is 22.9 Å². The number of hydrogen-bond acceptors (Lipinski definition) is 4. The molecule has 1 heterocycles. The van der Waals surface area contributed by atoms with Gasteiger partial charge in [-0.15, -0.1) is 0 Å². The van der Waals surface area contributed by atoms with Crippen molar-refractivity contribution in [3.8, 4) is 0 Å². The lowest BCUT2D eigenvalue weighted by Gasteiger charge is -2.15. The first-order chi connectivity index (χ1) is 13.2. The van der Waals surface area contributed by atoms with Crippen molar-refractivity contribution >= 4 is 11.8 Å². The average molecular weight is 387 g/mol. The molecular formula is C24H34O4. The maximum Gasteiger partial charge on any atom is 0.351 e. The van der Waals surface area contributed by atoms with Gasteiger partial charge in [0.2, 0.25) is 0 Å². The van der Waals surface area contributed by atoms with Gasteiger partial charge in [0.1, 0.15) is 0 Å². The van der Waals surface area contributed by atoms with Gasteiger partial charge in [-0.1, -0.05) is 56.7 Å². The van der Waals surface area contributed by atoms with Crippen molar-refractivity contribution in [3.05, 3.63) is 59.1 Å². The first kappa shape index (κ1) is 23.7. The molecule has 0 aromatic rings. The Morgan fingerprint density at radius 3 is 2.57 bits per heavy atom. The molecule has 0 saturated carbocycles. The Kier molecular flexibility index (Phi) is 9.70. The van der Waals surface area contributed by atoms with Crippen LogP contribution in [0.2, 0.25) is 0 Å². The van der Waals surface area contributed by atoms with Gasteiger partial charge in [0.05, 0.1) is 7.11 Å². The minimum atomic E-state index is -0.693. The number of allylic oxidation sites excluding steroid dienone is 6. The number of esters is 1. The lowest BCUT2D eigenvalue weighted by molar-refractivity contribution is -0.134. The molecule has 28 heavy (non-hydrogen) atoms. The highest BCUT2D eigenvalue weighted by atomic mass is 16.6. The third-order valence-electron chi connectivity index (χ3n) is 4.90.